The van der Waals surface area contributed by atoms with Crippen LogP contribution in [0.3, 0.4) is 0 Å². The molecule has 0 aliphatic carbocycles. The molecule has 0 amide bonds. The fourth-order valence-electron chi connectivity index (χ4n) is 1.75. The number of halogens is 3. The van der Waals surface area contributed by atoms with E-state index in [0.29, 0.717) is 6.07 Å². The van der Waals surface area contributed by atoms with E-state index in [1.165, 1.54) is 6.92 Å². The number of rotatable bonds is 8. The number of hydrogen-bond donors (Lipinski definition) is 1. The van der Waals surface area contributed by atoms with Crippen molar-refractivity contribution in [2.75, 3.05) is 19.0 Å². The van der Waals surface area contributed by atoms with Gasteiger partial charge in [0, 0.05) is 6.61 Å². The number of carbonyl (C=O) groups excluding carboxylic acids is 1. The van der Waals surface area contributed by atoms with Gasteiger partial charge in [-0.1, -0.05) is 0 Å². The van der Waals surface area contributed by atoms with Crippen molar-refractivity contribution >= 4 is 16.1 Å². The first-order valence-corrected chi connectivity index (χ1v) is 8.66. The van der Waals surface area contributed by atoms with Gasteiger partial charge in [-0.05, 0) is 32.0 Å². The van der Waals surface area contributed by atoms with Gasteiger partial charge in [0.25, 0.3) is 10.1 Å². The minimum atomic E-state index is -4.71. The largest absolute Gasteiger partial charge is 0.465 e. The summed E-state index contributed by atoms with van der Waals surface area (Å²) in [5, 5.41) is 0. The van der Waals surface area contributed by atoms with Crippen LogP contribution in [0.4, 0.5) is 13.2 Å². The third kappa shape index (κ3) is 7.28. The molecule has 0 aromatic heterocycles. The van der Waals surface area contributed by atoms with Crippen molar-refractivity contribution in [1.82, 2.24) is 0 Å². The second-order valence-electron chi connectivity index (χ2n) is 4.77. The van der Waals surface area contributed by atoms with Crippen LogP contribution in [-0.2, 0) is 25.8 Å². The Bertz CT molecular complexity index is 701. The first-order valence-electron chi connectivity index (χ1n) is 7.06. The number of alkyl halides is 3. The molecular weight excluding hydrogens is 369 g/mol. The highest BCUT2D eigenvalue weighted by molar-refractivity contribution is 7.85. The van der Waals surface area contributed by atoms with Gasteiger partial charge in [-0.25, -0.2) is 4.79 Å². The van der Waals surface area contributed by atoms with E-state index in [1.807, 2.05) is 0 Å². The Kier molecular flexibility index (Phi) is 7.20. The highest BCUT2D eigenvalue weighted by atomic mass is 32.2. The predicted molar refractivity (Wildman–Crippen MR) is 79.9 cm³/mol. The van der Waals surface area contributed by atoms with Crippen molar-refractivity contribution in [2.45, 2.75) is 26.3 Å². The van der Waals surface area contributed by atoms with Crippen LogP contribution in [0.2, 0.25) is 0 Å². The first-order chi connectivity index (χ1) is 11.4. The number of benzene rings is 1. The molecule has 0 radical (unpaired) electrons. The molecule has 1 N–H and O–H groups in total. The van der Waals surface area contributed by atoms with E-state index in [0.717, 1.165) is 12.1 Å². The van der Waals surface area contributed by atoms with Gasteiger partial charge >= 0.3 is 12.1 Å². The topological polar surface area (TPSA) is 99.1 Å². The summed E-state index contributed by atoms with van der Waals surface area (Å²) in [6.07, 6.45) is -5.70. The van der Waals surface area contributed by atoms with Crippen LogP contribution in [0.5, 0.6) is 5.75 Å². The summed E-state index contributed by atoms with van der Waals surface area (Å²) in [6, 6.07) is 2.35. The predicted octanol–water partition coefficient (Wildman–Crippen LogP) is 2.51. The second-order valence-corrected chi connectivity index (χ2v) is 6.34. The number of carbonyl (C=O) groups is 1. The van der Waals surface area contributed by atoms with Gasteiger partial charge in [0.15, 0.2) is 6.29 Å². The molecule has 142 valence electrons. The van der Waals surface area contributed by atoms with Gasteiger partial charge in [0.05, 0.1) is 11.1 Å². The minimum Gasteiger partial charge on any atom is -0.465 e. The van der Waals surface area contributed by atoms with E-state index in [2.05, 4.69) is 4.74 Å². The third-order valence-corrected chi connectivity index (χ3v) is 3.47. The van der Waals surface area contributed by atoms with E-state index in [-0.39, 0.29) is 12.2 Å². The Morgan fingerprint density at radius 1 is 1.32 bits per heavy atom. The molecule has 7 nitrogen and oxygen atoms in total. The maximum absolute atomic E-state index is 13.0. The van der Waals surface area contributed by atoms with Gasteiger partial charge in [0.2, 0.25) is 0 Å². The lowest BCUT2D eigenvalue weighted by Crippen LogP contribution is -2.20. The van der Waals surface area contributed by atoms with Crippen molar-refractivity contribution in [2.24, 2.45) is 0 Å². The number of ether oxygens (including phenoxy) is 3. The zero-order valence-corrected chi connectivity index (χ0v) is 14.2. The summed E-state index contributed by atoms with van der Waals surface area (Å²) in [5.74, 6) is -2.52. The normalized spacial score (nSPS) is 13.4. The monoisotopic (exact) mass is 386 g/mol. The fraction of sp³-hybridized carbons (Fsp3) is 0.500. The number of esters is 1. The highest BCUT2D eigenvalue weighted by Gasteiger charge is 2.35. The average Bonchev–Trinajstić information content (AvgIpc) is 2.44. The second kappa shape index (κ2) is 8.50. The molecule has 1 unspecified atom stereocenters. The van der Waals surface area contributed by atoms with Crippen molar-refractivity contribution in [3.8, 4) is 5.75 Å². The van der Waals surface area contributed by atoms with Crippen molar-refractivity contribution in [1.29, 1.82) is 0 Å². The molecule has 11 heteroatoms. The molecular formula is C14H17F3O7S. The summed E-state index contributed by atoms with van der Waals surface area (Å²) < 4.78 is 83.4. The molecule has 25 heavy (non-hydrogen) atoms. The quantitative estimate of drug-likeness (QED) is 0.416. The van der Waals surface area contributed by atoms with Crippen LogP contribution in [0.15, 0.2) is 18.2 Å². The Labute approximate surface area is 142 Å². The maximum atomic E-state index is 13.0. The lowest BCUT2D eigenvalue weighted by molar-refractivity contribution is -0.141. The van der Waals surface area contributed by atoms with Crippen molar-refractivity contribution < 1.29 is 45.1 Å². The van der Waals surface area contributed by atoms with Crippen LogP contribution in [0, 0.1) is 0 Å². The summed E-state index contributed by atoms with van der Waals surface area (Å²) in [5.41, 5.74) is -1.38. The summed E-state index contributed by atoms with van der Waals surface area (Å²) >= 11 is 0. The highest BCUT2D eigenvalue weighted by Crippen LogP contribution is 2.37. The van der Waals surface area contributed by atoms with Gasteiger partial charge < -0.3 is 14.2 Å². The molecule has 0 saturated carbocycles. The van der Waals surface area contributed by atoms with E-state index >= 15 is 0 Å². The zero-order valence-electron chi connectivity index (χ0n) is 13.4. The summed E-state index contributed by atoms with van der Waals surface area (Å²) in [4.78, 5) is 11.8. The van der Waals surface area contributed by atoms with E-state index in [4.69, 9.17) is 14.0 Å². The SMILES string of the molecule is CCOC(C)Oc1cc(C(=O)OCCS(=O)(=O)O)ccc1C(F)(F)F. The molecule has 1 rings (SSSR count). The Morgan fingerprint density at radius 2 is 1.96 bits per heavy atom. The molecule has 0 spiro atoms. The lowest BCUT2D eigenvalue weighted by atomic mass is 10.1. The first kappa shape index (κ1) is 21.2. The standard InChI is InChI=1S/C14H17F3O7S/c1-3-22-9(2)24-12-8-10(4-5-11(12)14(15,16)17)13(18)23-6-7-25(19,20)21/h4-5,8-9H,3,6-7H2,1-2H3,(H,19,20,21). The van der Waals surface area contributed by atoms with Gasteiger partial charge in [-0.3, -0.25) is 4.55 Å². The minimum absolute atomic E-state index is 0.208. The van der Waals surface area contributed by atoms with Crippen molar-refractivity contribution in [3.63, 3.8) is 0 Å². The van der Waals surface area contributed by atoms with Crippen LogP contribution in [-0.4, -0.2) is 44.2 Å². The van der Waals surface area contributed by atoms with Crippen LogP contribution in [0.25, 0.3) is 0 Å². The van der Waals surface area contributed by atoms with Crippen LogP contribution < -0.4 is 4.74 Å². The summed E-state index contributed by atoms with van der Waals surface area (Å²) in [6.45, 7) is 2.58. The molecule has 0 aliphatic rings. The van der Waals surface area contributed by atoms with E-state index < -0.39 is 52.2 Å². The molecule has 0 bridgehead atoms. The lowest BCUT2D eigenvalue weighted by Gasteiger charge is -2.19. The smallest absolute Gasteiger partial charge is 0.419 e. The Balaban J connectivity index is 3.00. The fourth-order valence-corrected chi connectivity index (χ4v) is 2.05. The Morgan fingerprint density at radius 3 is 2.48 bits per heavy atom. The van der Waals surface area contributed by atoms with Crippen molar-refractivity contribution in [3.05, 3.63) is 29.3 Å². The molecule has 0 fully saturated rings. The van der Waals surface area contributed by atoms with Gasteiger partial charge in [0.1, 0.15) is 18.1 Å². The average molecular weight is 386 g/mol. The molecule has 1 atom stereocenters. The molecule has 1 aromatic rings. The van der Waals surface area contributed by atoms with Crippen LogP contribution >= 0.6 is 0 Å². The Hall–Kier alpha value is -1.85. The third-order valence-electron chi connectivity index (χ3n) is 2.79. The number of hydrogen-bond acceptors (Lipinski definition) is 6. The van der Waals surface area contributed by atoms with Crippen LogP contribution in [0.1, 0.15) is 29.8 Å². The van der Waals surface area contributed by atoms with E-state index in [1.54, 1.807) is 6.92 Å². The molecule has 0 heterocycles. The van der Waals surface area contributed by atoms with E-state index in [9.17, 15) is 26.4 Å². The van der Waals surface area contributed by atoms with Gasteiger partial charge in [-0.15, -0.1) is 0 Å². The maximum Gasteiger partial charge on any atom is 0.419 e. The molecule has 1 aromatic carbocycles. The molecule has 0 aliphatic heterocycles. The summed E-state index contributed by atoms with van der Waals surface area (Å²) in [7, 11) is -4.33. The van der Waals surface area contributed by atoms with Gasteiger partial charge in [-0.2, -0.15) is 21.6 Å². The molecule has 0 saturated heterocycles. The zero-order chi connectivity index (χ0) is 19.3.